The van der Waals surface area contributed by atoms with Crippen LogP contribution in [0.1, 0.15) is 46.0 Å². The van der Waals surface area contributed by atoms with Crippen molar-refractivity contribution in [2.75, 3.05) is 17.7 Å². The Kier molecular flexibility index (Phi) is 4.45. The third kappa shape index (κ3) is 3.28. The molecule has 5 nitrogen and oxygen atoms in total. The highest BCUT2D eigenvalue weighted by Gasteiger charge is 2.22. The Bertz CT molecular complexity index is 416. The first kappa shape index (κ1) is 13.9. The van der Waals surface area contributed by atoms with Gasteiger partial charge in [-0.05, 0) is 26.7 Å². The third-order valence-electron chi connectivity index (χ3n) is 3.63. The van der Waals surface area contributed by atoms with Crippen molar-refractivity contribution in [3.63, 3.8) is 0 Å². The van der Waals surface area contributed by atoms with E-state index in [4.69, 9.17) is 10.5 Å². The molecule has 0 amide bonds. The molecule has 5 heteroatoms. The fraction of sp³-hybridized carbons (Fsp3) is 0.714. The Balaban J connectivity index is 2.18. The zero-order valence-electron chi connectivity index (χ0n) is 12.1. The molecule has 0 aromatic carbocycles. The maximum absolute atomic E-state index is 6.15. The topological polar surface area (TPSA) is 64.3 Å². The molecular weight excluding hydrogens is 240 g/mol. The zero-order chi connectivity index (χ0) is 13.8. The van der Waals surface area contributed by atoms with Gasteiger partial charge in [-0.25, -0.2) is 4.98 Å². The number of hydrogen-bond acceptors (Lipinski definition) is 5. The van der Waals surface area contributed by atoms with Gasteiger partial charge in [-0.2, -0.15) is 4.98 Å². The van der Waals surface area contributed by atoms with Crippen LogP contribution in [0.4, 0.5) is 11.5 Å². The van der Waals surface area contributed by atoms with Gasteiger partial charge in [0, 0.05) is 13.1 Å². The first-order chi connectivity index (χ1) is 9.09. The maximum Gasteiger partial charge on any atom is 0.242 e. The predicted octanol–water partition coefficient (Wildman–Crippen LogP) is 2.61. The van der Waals surface area contributed by atoms with Crippen LogP contribution < -0.4 is 15.4 Å². The standard InChI is InChI=1S/C14H24N4O/c1-10(2)19-14-12(15)13(16-9-17-14)18(3)11-7-5-4-6-8-11/h9-11H,4-8,15H2,1-3H3. The second kappa shape index (κ2) is 6.08. The lowest BCUT2D eigenvalue weighted by molar-refractivity contribution is 0.234. The zero-order valence-corrected chi connectivity index (χ0v) is 12.1. The minimum Gasteiger partial charge on any atom is -0.473 e. The summed E-state index contributed by atoms with van der Waals surface area (Å²) in [5.41, 5.74) is 6.69. The number of anilines is 2. The molecule has 1 saturated carbocycles. The third-order valence-corrected chi connectivity index (χ3v) is 3.63. The summed E-state index contributed by atoms with van der Waals surface area (Å²) in [6, 6.07) is 0.526. The molecule has 19 heavy (non-hydrogen) atoms. The molecule has 1 aromatic heterocycles. The lowest BCUT2D eigenvalue weighted by atomic mass is 9.94. The molecule has 1 fully saturated rings. The summed E-state index contributed by atoms with van der Waals surface area (Å²) in [4.78, 5) is 10.6. The summed E-state index contributed by atoms with van der Waals surface area (Å²) < 4.78 is 5.62. The molecule has 0 aliphatic heterocycles. The average Bonchev–Trinajstić information content (AvgIpc) is 2.41. The van der Waals surface area contributed by atoms with Gasteiger partial charge >= 0.3 is 0 Å². The van der Waals surface area contributed by atoms with Crippen molar-refractivity contribution in [1.82, 2.24) is 9.97 Å². The van der Waals surface area contributed by atoms with Crippen molar-refractivity contribution in [1.29, 1.82) is 0 Å². The van der Waals surface area contributed by atoms with Gasteiger partial charge in [0.15, 0.2) is 5.82 Å². The first-order valence-corrected chi connectivity index (χ1v) is 7.09. The van der Waals surface area contributed by atoms with Crippen LogP contribution in [-0.2, 0) is 0 Å². The van der Waals surface area contributed by atoms with Crippen molar-refractivity contribution in [2.24, 2.45) is 0 Å². The highest BCUT2D eigenvalue weighted by Crippen LogP contribution is 2.32. The maximum atomic E-state index is 6.15. The summed E-state index contributed by atoms with van der Waals surface area (Å²) in [6.45, 7) is 3.93. The van der Waals surface area contributed by atoms with Crippen molar-refractivity contribution in [3.8, 4) is 5.88 Å². The minimum absolute atomic E-state index is 0.0602. The molecule has 0 bridgehead atoms. The molecule has 0 unspecified atom stereocenters. The van der Waals surface area contributed by atoms with E-state index in [0.717, 1.165) is 5.82 Å². The summed E-state index contributed by atoms with van der Waals surface area (Å²) in [7, 11) is 2.06. The van der Waals surface area contributed by atoms with Gasteiger partial charge in [0.2, 0.25) is 5.88 Å². The van der Waals surface area contributed by atoms with E-state index in [9.17, 15) is 0 Å². The van der Waals surface area contributed by atoms with Gasteiger partial charge in [0.05, 0.1) is 6.10 Å². The molecule has 0 spiro atoms. The van der Waals surface area contributed by atoms with E-state index in [1.807, 2.05) is 13.8 Å². The number of ether oxygens (including phenoxy) is 1. The van der Waals surface area contributed by atoms with Gasteiger partial charge in [0.1, 0.15) is 12.0 Å². The fourth-order valence-electron chi connectivity index (χ4n) is 2.61. The number of rotatable bonds is 4. The van der Waals surface area contributed by atoms with Crippen molar-refractivity contribution < 1.29 is 4.74 Å². The Morgan fingerprint density at radius 2 is 1.95 bits per heavy atom. The van der Waals surface area contributed by atoms with E-state index in [-0.39, 0.29) is 6.10 Å². The van der Waals surface area contributed by atoms with Crippen molar-refractivity contribution >= 4 is 11.5 Å². The highest BCUT2D eigenvalue weighted by molar-refractivity contribution is 5.67. The molecule has 106 valence electrons. The molecule has 1 heterocycles. The van der Waals surface area contributed by atoms with E-state index in [0.29, 0.717) is 17.6 Å². The Morgan fingerprint density at radius 3 is 2.58 bits per heavy atom. The Labute approximate surface area is 115 Å². The summed E-state index contributed by atoms with van der Waals surface area (Å²) in [5, 5.41) is 0. The van der Waals surface area contributed by atoms with Gasteiger partial charge in [-0.3, -0.25) is 0 Å². The van der Waals surface area contributed by atoms with Crippen LogP contribution in [-0.4, -0.2) is 29.2 Å². The van der Waals surface area contributed by atoms with Crippen LogP contribution in [0.25, 0.3) is 0 Å². The van der Waals surface area contributed by atoms with Gasteiger partial charge < -0.3 is 15.4 Å². The number of aromatic nitrogens is 2. The second-order valence-corrected chi connectivity index (χ2v) is 5.49. The summed E-state index contributed by atoms with van der Waals surface area (Å²) in [5.74, 6) is 1.28. The van der Waals surface area contributed by atoms with Crippen LogP contribution >= 0.6 is 0 Å². The molecule has 0 saturated heterocycles. The second-order valence-electron chi connectivity index (χ2n) is 5.49. The van der Waals surface area contributed by atoms with Gasteiger partial charge in [-0.15, -0.1) is 0 Å². The molecule has 1 aliphatic rings. The number of hydrogen-bond donors (Lipinski definition) is 1. The monoisotopic (exact) mass is 264 g/mol. The predicted molar refractivity (Wildman–Crippen MR) is 77.5 cm³/mol. The van der Waals surface area contributed by atoms with Crippen LogP contribution in [0.3, 0.4) is 0 Å². The Morgan fingerprint density at radius 1 is 1.26 bits per heavy atom. The van der Waals surface area contributed by atoms with Crippen LogP contribution in [0, 0.1) is 0 Å². The molecule has 0 atom stereocenters. The van der Waals surface area contributed by atoms with Crippen molar-refractivity contribution in [3.05, 3.63) is 6.33 Å². The number of nitrogens with zero attached hydrogens (tertiary/aromatic N) is 3. The summed E-state index contributed by atoms with van der Waals surface area (Å²) >= 11 is 0. The highest BCUT2D eigenvalue weighted by atomic mass is 16.5. The lowest BCUT2D eigenvalue weighted by Crippen LogP contribution is -2.34. The van der Waals surface area contributed by atoms with Crippen LogP contribution in [0.2, 0.25) is 0 Å². The van der Waals surface area contributed by atoms with E-state index in [1.165, 1.54) is 38.4 Å². The molecule has 2 rings (SSSR count). The quantitative estimate of drug-likeness (QED) is 0.905. The minimum atomic E-state index is 0.0602. The lowest BCUT2D eigenvalue weighted by Gasteiger charge is -2.32. The molecular formula is C14H24N4O. The largest absolute Gasteiger partial charge is 0.473 e. The smallest absolute Gasteiger partial charge is 0.242 e. The Hall–Kier alpha value is -1.52. The fourth-order valence-corrected chi connectivity index (χ4v) is 2.61. The van der Waals surface area contributed by atoms with Crippen molar-refractivity contribution in [2.45, 2.75) is 58.1 Å². The molecule has 0 radical (unpaired) electrons. The number of nitrogen functional groups attached to an aromatic ring is 1. The van der Waals surface area contributed by atoms with E-state index < -0.39 is 0 Å². The van der Waals surface area contributed by atoms with Gasteiger partial charge in [-0.1, -0.05) is 19.3 Å². The van der Waals surface area contributed by atoms with Crippen LogP contribution in [0.15, 0.2) is 6.33 Å². The van der Waals surface area contributed by atoms with Gasteiger partial charge in [0.25, 0.3) is 0 Å². The summed E-state index contributed by atoms with van der Waals surface area (Å²) in [6.07, 6.45) is 7.92. The molecule has 1 aromatic rings. The number of nitrogens with two attached hydrogens (primary N) is 1. The molecule has 2 N–H and O–H groups in total. The van der Waals surface area contributed by atoms with E-state index in [1.54, 1.807) is 0 Å². The average molecular weight is 264 g/mol. The normalized spacial score (nSPS) is 16.6. The van der Waals surface area contributed by atoms with Crippen LogP contribution in [0.5, 0.6) is 5.88 Å². The van der Waals surface area contributed by atoms with E-state index >= 15 is 0 Å². The molecule has 1 aliphatic carbocycles. The first-order valence-electron chi connectivity index (χ1n) is 7.09. The SMILES string of the molecule is CC(C)Oc1ncnc(N(C)C2CCCCC2)c1N. The van der Waals surface area contributed by atoms with E-state index in [2.05, 4.69) is 21.9 Å².